The summed E-state index contributed by atoms with van der Waals surface area (Å²) in [6.07, 6.45) is -0.652. The summed E-state index contributed by atoms with van der Waals surface area (Å²) < 4.78 is 28.2. The standard InChI is InChI=1S/C22H23N3O4S/c1-16-4-8-19(9-5-16)23-18(3)24(20-10-12-21(13-11-20)25(26)27)30(28,29)22-14-6-17(2)7-15-22/h4-15,18,23H,1-3H3. The van der Waals surface area contributed by atoms with Crippen molar-refractivity contribution >= 4 is 27.1 Å². The predicted molar refractivity (Wildman–Crippen MR) is 118 cm³/mol. The molecule has 1 N–H and O–H groups in total. The van der Waals surface area contributed by atoms with Gasteiger partial charge in [-0.1, -0.05) is 35.4 Å². The van der Waals surface area contributed by atoms with E-state index in [0.717, 1.165) is 16.8 Å². The third-order valence-corrected chi connectivity index (χ3v) is 6.58. The quantitative estimate of drug-likeness (QED) is 0.331. The molecule has 0 bridgehead atoms. The van der Waals surface area contributed by atoms with Crippen LogP contribution in [-0.2, 0) is 10.0 Å². The normalized spacial score (nSPS) is 12.2. The average Bonchev–Trinajstić information content (AvgIpc) is 2.70. The molecule has 0 heterocycles. The fourth-order valence-corrected chi connectivity index (χ4v) is 4.64. The van der Waals surface area contributed by atoms with Gasteiger partial charge in [-0.3, -0.25) is 10.1 Å². The number of nitro groups is 1. The molecule has 0 spiro atoms. The Kier molecular flexibility index (Phi) is 6.07. The maximum Gasteiger partial charge on any atom is 0.269 e. The lowest BCUT2D eigenvalue weighted by Crippen LogP contribution is -2.43. The maximum atomic E-state index is 13.5. The van der Waals surface area contributed by atoms with E-state index in [1.54, 1.807) is 31.2 Å². The zero-order valence-corrected chi connectivity index (χ0v) is 17.8. The molecular weight excluding hydrogens is 402 g/mol. The SMILES string of the molecule is Cc1ccc(NC(C)N(c2ccc([N+](=O)[O-])cc2)S(=O)(=O)c2ccc(C)cc2)cc1. The molecule has 0 amide bonds. The molecule has 30 heavy (non-hydrogen) atoms. The molecule has 3 aromatic rings. The highest BCUT2D eigenvalue weighted by atomic mass is 32.2. The van der Waals surface area contributed by atoms with Crippen LogP contribution in [0.1, 0.15) is 18.1 Å². The molecule has 7 nitrogen and oxygen atoms in total. The van der Waals surface area contributed by atoms with Crippen LogP contribution in [0.3, 0.4) is 0 Å². The third-order valence-electron chi connectivity index (χ3n) is 4.67. The summed E-state index contributed by atoms with van der Waals surface area (Å²) in [5, 5.41) is 14.2. The molecule has 0 aromatic heterocycles. The summed E-state index contributed by atoms with van der Waals surface area (Å²) in [4.78, 5) is 10.6. The Morgan fingerprint density at radius 3 is 1.87 bits per heavy atom. The minimum atomic E-state index is -3.93. The summed E-state index contributed by atoms with van der Waals surface area (Å²) >= 11 is 0. The smallest absolute Gasteiger partial charge is 0.269 e. The second kappa shape index (κ2) is 8.54. The van der Waals surface area contributed by atoms with Gasteiger partial charge in [0.15, 0.2) is 0 Å². The van der Waals surface area contributed by atoms with Crippen LogP contribution >= 0.6 is 0 Å². The lowest BCUT2D eigenvalue weighted by atomic mass is 10.2. The molecule has 3 aromatic carbocycles. The van der Waals surface area contributed by atoms with Crippen LogP contribution in [0, 0.1) is 24.0 Å². The van der Waals surface area contributed by atoms with Crippen molar-refractivity contribution in [3.8, 4) is 0 Å². The second-order valence-corrected chi connectivity index (χ2v) is 8.89. The van der Waals surface area contributed by atoms with Crippen molar-refractivity contribution < 1.29 is 13.3 Å². The number of anilines is 2. The number of hydrogen-bond acceptors (Lipinski definition) is 5. The van der Waals surface area contributed by atoms with Crippen LogP contribution in [0.15, 0.2) is 77.7 Å². The Labute approximate surface area is 176 Å². The van der Waals surface area contributed by atoms with Crippen molar-refractivity contribution in [2.45, 2.75) is 31.8 Å². The Balaban J connectivity index is 2.04. The van der Waals surface area contributed by atoms with Crippen molar-refractivity contribution in [3.63, 3.8) is 0 Å². The first kappa shape index (κ1) is 21.3. The number of hydrogen-bond donors (Lipinski definition) is 1. The van der Waals surface area contributed by atoms with Crippen LogP contribution in [0.4, 0.5) is 17.1 Å². The van der Waals surface area contributed by atoms with Gasteiger partial charge in [-0.2, -0.15) is 0 Å². The minimum absolute atomic E-state index is 0.106. The van der Waals surface area contributed by atoms with Crippen molar-refractivity contribution in [2.75, 3.05) is 9.62 Å². The molecule has 0 saturated carbocycles. The van der Waals surface area contributed by atoms with Gasteiger partial charge in [0.05, 0.1) is 15.5 Å². The first-order valence-electron chi connectivity index (χ1n) is 9.37. The predicted octanol–water partition coefficient (Wildman–Crippen LogP) is 4.87. The molecule has 0 radical (unpaired) electrons. The van der Waals surface area contributed by atoms with E-state index >= 15 is 0 Å². The lowest BCUT2D eigenvalue weighted by Gasteiger charge is -2.31. The topological polar surface area (TPSA) is 92.5 Å². The lowest BCUT2D eigenvalue weighted by molar-refractivity contribution is -0.384. The molecule has 156 valence electrons. The molecule has 3 rings (SSSR count). The number of sulfonamides is 1. The zero-order chi connectivity index (χ0) is 21.9. The third kappa shape index (κ3) is 4.60. The highest BCUT2D eigenvalue weighted by molar-refractivity contribution is 7.92. The van der Waals surface area contributed by atoms with Crippen LogP contribution < -0.4 is 9.62 Å². The number of aryl methyl sites for hydroxylation is 2. The number of nitrogens with zero attached hydrogens (tertiary/aromatic N) is 2. The first-order chi connectivity index (χ1) is 14.2. The van der Waals surface area contributed by atoms with Crippen molar-refractivity contribution in [3.05, 3.63) is 94.0 Å². The Morgan fingerprint density at radius 2 is 1.37 bits per heavy atom. The van der Waals surface area contributed by atoms with E-state index in [9.17, 15) is 18.5 Å². The highest BCUT2D eigenvalue weighted by Gasteiger charge is 2.30. The fraction of sp³-hybridized carbons (Fsp3) is 0.182. The van der Waals surface area contributed by atoms with E-state index in [-0.39, 0.29) is 10.6 Å². The summed E-state index contributed by atoms with van der Waals surface area (Å²) in [6.45, 7) is 5.58. The van der Waals surface area contributed by atoms with Gasteiger partial charge in [0.2, 0.25) is 0 Å². The second-order valence-electron chi connectivity index (χ2n) is 7.07. The number of nitro benzene ring substituents is 1. The molecule has 0 fully saturated rings. The minimum Gasteiger partial charge on any atom is -0.365 e. The molecule has 0 aliphatic carbocycles. The van der Waals surface area contributed by atoms with Crippen molar-refractivity contribution in [1.82, 2.24) is 0 Å². The number of non-ortho nitro benzene ring substituents is 1. The molecular formula is C22H23N3O4S. The summed E-state index contributed by atoms with van der Waals surface area (Å²) in [7, 11) is -3.93. The van der Waals surface area contributed by atoms with Crippen molar-refractivity contribution in [1.29, 1.82) is 0 Å². The van der Waals surface area contributed by atoms with Gasteiger partial charge in [-0.05, 0) is 57.2 Å². The van der Waals surface area contributed by atoms with Crippen LogP contribution in [0.2, 0.25) is 0 Å². The monoisotopic (exact) mass is 425 g/mol. The van der Waals surface area contributed by atoms with Crippen LogP contribution in [-0.4, -0.2) is 19.5 Å². The Morgan fingerprint density at radius 1 is 0.867 bits per heavy atom. The van der Waals surface area contributed by atoms with Gasteiger partial charge < -0.3 is 5.32 Å². The van der Waals surface area contributed by atoms with Crippen LogP contribution in [0.25, 0.3) is 0 Å². The molecule has 0 aliphatic heterocycles. The molecule has 8 heteroatoms. The summed E-state index contributed by atoms with van der Waals surface area (Å²) in [5.74, 6) is 0. The molecule has 0 aliphatic rings. The van der Waals surface area contributed by atoms with Gasteiger partial charge in [0, 0.05) is 17.8 Å². The van der Waals surface area contributed by atoms with E-state index in [4.69, 9.17) is 0 Å². The summed E-state index contributed by atoms with van der Waals surface area (Å²) in [6, 6.07) is 19.7. The Hall–Kier alpha value is -3.39. The number of nitrogens with one attached hydrogen (secondary N) is 1. The van der Waals surface area contributed by atoms with E-state index in [1.807, 2.05) is 38.1 Å². The van der Waals surface area contributed by atoms with Gasteiger partial charge in [0.1, 0.15) is 6.17 Å². The van der Waals surface area contributed by atoms with Gasteiger partial charge in [-0.25, -0.2) is 12.7 Å². The van der Waals surface area contributed by atoms with Crippen molar-refractivity contribution in [2.24, 2.45) is 0 Å². The molecule has 0 saturated heterocycles. The van der Waals surface area contributed by atoms with Gasteiger partial charge >= 0.3 is 0 Å². The number of rotatable bonds is 7. The summed E-state index contributed by atoms with van der Waals surface area (Å²) in [5.41, 5.74) is 3.02. The van der Waals surface area contributed by atoms with E-state index in [0.29, 0.717) is 5.69 Å². The number of benzene rings is 3. The van der Waals surface area contributed by atoms with E-state index < -0.39 is 21.1 Å². The highest BCUT2D eigenvalue weighted by Crippen LogP contribution is 2.29. The largest absolute Gasteiger partial charge is 0.365 e. The van der Waals surface area contributed by atoms with Gasteiger partial charge in [-0.15, -0.1) is 0 Å². The molecule has 1 atom stereocenters. The van der Waals surface area contributed by atoms with Crippen LogP contribution in [0.5, 0.6) is 0 Å². The van der Waals surface area contributed by atoms with E-state index in [2.05, 4.69) is 5.32 Å². The fourth-order valence-electron chi connectivity index (χ4n) is 3.07. The average molecular weight is 426 g/mol. The van der Waals surface area contributed by atoms with E-state index in [1.165, 1.54) is 28.6 Å². The first-order valence-corrected chi connectivity index (χ1v) is 10.8. The maximum absolute atomic E-state index is 13.5. The van der Waals surface area contributed by atoms with Gasteiger partial charge in [0.25, 0.3) is 15.7 Å². The zero-order valence-electron chi connectivity index (χ0n) is 16.9. The Bertz CT molecular complexity index is 1130. The molecule has 1 unspecified atom stereocenters.